The number of hydrogen-bond acceptors (Lipinski definition) is 3. The molecule has 2 aromatic rings. The number of ether oxygens (including phenoxy) is 1. The summed E-state index contributed by atoms with van der Waals surface area (Å²) in [5, 5.41) is 3.38. The van der Waals surface area contributed by atoms with Crippen molar-refractivity contribution in [3.63, 3.8) is 0 Å². The van der Waals surface area contributed by atoms with Crippen molar-refractivity contribution in [3.8, 4) is 5.75 Å². The minimum atomic E-state index is -0.165. The van der Waals surface area contributed by atoms with E-state index >= 15 is 0 Å². The molecule has 1 unspecified atom stereocenters. The Hall–Kier alpha value is -1.94. The third-order valence-corrected chi connectivity index (χ3v) is 3.32. The number of benzene rings is 1. The maximum absolute atomic E-state index is 11.8. The predicted octanol–water partition coefficient (Wildman–Crippen LogP) is 3.45. The third-order valence-electron chi connectivity index (χ3n) is 3.01. The highest BCUT2D eigenvalue weighted by Gasteiger charge is 2.10. The molecular weight excluding hydrogens is 290 g/mol. The van der Waals surface area contributed by atoms with Crippen molar-refractivity contribution >= 4 is 17.5 Å². The number of furan rings is 1. The highest BCUT2D eigenvalue weighted by atomic mass is 35.5. The Labute approximate surface area is 129 Å². The molecule has 0 bridgehead atoms. The van der Waals surface area contributed by atoms with Crippen LogP contribution in [0, 0.1) is 0 Å². The fourth-order valence-corrected chi connectivity index (χ4v) is 2.10. The van der Waals surface area contributed by atoms with Crippen molar-refractivity contribution in [1.29, 1.82) is 0 Å². The van der Waals surface area contributed by atoms with Gasteiger partial charge in [-0.3, -0.25) is 4.79 Å². The summed E-state index contributed by atoms with van der Waals surface area (Å²) in [5.41, 5.74) is 0. The summed E-state index contributed by atoms with van der Waals surface area (Å²) >= 11 is 5.95. The molecule has 5 heteroatoms. The van der Waals surface area contributed by atoms with E-state index in [2.05, 4.69) is 5.32 Å². The standard InChI is InChI=1S/C16H18ClNO3/c1-12(8-9-13-5-4-10-20-13)18-16(19)11-21-15-7-3-2-6-14(15)17/h2-7,10,12H,8-9,11H2,1H3,(H,18,19). The molecule has 1 amide bonds. The zero-order chi connectivity index (χ0) is 15.1. The maximum Gasteiger partial charge on any atom is 0.258 e. The minimum Gasteiger partial charge on any atom is -0.482 e. The number of nitrogens with one attached hydrogen (secondary N) is 1. The molecule has 112 valence electrons. The number of para-hydroxylation sites is 1. The Morgan fingerprint density at radius 1 is 1.33 bits per heavy atom. The molecule has 21 heavy (non-hydrogen) atoms. The van der Waals surface area contributed by atoms with Crippen LogP contribution in [0.4, 0.5) is 0 Å². The van der Waals surface area contributed by atoms with Crippen molar-refractivity contribution in [3.05, 3.63) is 53.4 Å². The van der Waals surface area contributed by atoms with Crippen LogP contribution in [0.1, 0.15) is 19.1 Å². The van der Waals surface area contributed by atoms with Gasteiger partial charge in [-0.1, -0.05) is 23.7 Å². The molecule has 0 aliphatic carbocycles. The smallest absolute Gasteiger partial charge is 0.258 e. The van der Waals surface area contributed by atoms with Crippen LogP contribution >= 0.6 is 11.6 Å². The van der Waals surface area contributed by atoms with E-state index in [1.165, 1.54) is 0 Å². The second kappa shape index (κ2) is 7.74. The molecule has 0 fully saturated rings. The fraction of sp³-hybridized carbons (Fsp3) is 0.312. The first-order valence-electron chi connectivity index (χ1n) is 6.84. The van der Waals surface area contributed by atoms with Gasteiger partial charge in [0, 0.05) is 12.5 Å². The lowest BCUT2D eigenvalue weighted by molar-refractivity contribution is -0.123. The first-order valence-corrected chi connectivity index (χ1v) is 7.22. The molecule has 0 saturated heterocycles. The van der Waals surface area contributed by atoms with E-state index in [1.54, 1.807) is 18.4 Å². The predicted molar refractivity (Wildman–Crippen MR) is 81.6 cm³/mol. The van der Waals surface area contributed by atoms with Crippen LogP contribution in [-0.4, -0.2) is 18.6 Å². The Kier molecular flexibility index (Phi) is 5.69. The van der Waals surface area contributed by atoms with E-state index in [0.29, 0.717) is 10.8 Å². The molecular formula is C16H18ClNO3. The molecule has 0 aliphatic rings. The molecule has 1 atom stereocenters. The summed E-state index contributed by atoms with van der Waals surface area (Å²) in [7, 11) is 0. The number of carbonyl (C=O) groups excluding carboxylic acids is 1. The van der Waals surface area contributed by atoms with Crippen LogP contribution in [0.3, 0.4) is 0 Å². The van der Waals surface area contributed by atoms with Crippen molar-refractivity contribution in [2.75, 3.05) is 6.61 Å². The first kappa shape index (κ1) is 15.4. The largest absolute Gasteiger partial charge is 0.482 e. The number of rotatable bonds is 7. The topological polar surface area (TPSA) is 51.5 Å². The minimum absolute atomic E-state index is 0.0468. The highest BCUT2D eigenvalue weighted by Crippen LogP contribution is 2.22. The molecule has 1 aromatic heterocycles. The van der Waals surface area contributed by atoms with Crippen molar-refractivity contribution in [1.82, 2.24) is 5.32 Å². The lowest BCUT2D eigenvalue weighted by Crippen LogP contribution is -2.36. The van der Waals surface area contributed by atoms with E-state index in [4.69, 9.17) is 20.8 Å². The van der Waals surface area contributed by atoms with Crippen molar-refractivity contribution in [2.24, 2.45) is 0 Å². The fourth-order valence-electron chi connectivity index (χ4n) is 1.91. The lowest BCUT2D eigenvalue weighted by atomic mass is 10.1. The van der Waals surface area contributed by atoms with Gasteiger partial charge in [0.2, 0.25) is 0 Å². The van der Waals surface area contributed by atoms with Crippen LogP contribution in [0.5, 0.6) is 5.75 Å². The second-order valence-electron chi connectivity index (χ2n) is 4.81. The lowest BCUT2D eigenvalue weighted by Gasteiger charge is -2.14. The van der Waals surface area contributed by atoms with Gasteiger partial charge in [-0.15, -0.1) is 0 Å². The number of aryl methyl sites for hydroxylation is 1. The number of carbonyl (C=O) groups is 1. The molecule has 1 N–H and O–H groups in total. The quantitative estimate of drug-likeness (QED) is 0.852. The van der Waals surface area contributed by atoms with Gasteiger partial charge < -0.3 is 14.5 Å². The van der Waals surface area contributed by atoms with Gasteiger partial charge in [0.25, 0.3) is 5.91 Å². The van der Waals surface area contributed by atoms with Gasteiger partial charge in [-0.2, -0.15) is 0 Å². The SMILES string of the molecule is CC(CCc1ccco1)NC(=O)COc1ccccc1Cl. The number of amides is 1. The van der Waals surface area contributed by atoms with Crippen molar-refractivity contribution in [2.45, 2.75) is 25.8 Å². The molecule has 0 saturated carbocycles. The average Bonchev–Trinajstić information content (AvgIpc) is 2.97. The van der Waals surface area contributed by atoms with E-state index in [-0.39, 0.29) is 18.6 Å². The van der Waals surface area contributed by atoms with Gasteiger partial charge in [0.05, 0.1) is 11.3 Å². The van der Waals surface area contributed by atoms with Gasteiger partial charge in [-0.05, 0) is 37.6 Å². The van der Waals surface area contributed by atoms with Crippen molar-refractivity contribution < 1.29 is 13.9 Å². The number of halogens is 1. The van der Waals surface area contributed by atoms with Gasteiger partial charge in [0.15, 0.2) is 6.61 Å². The van der Waals surface area contributed by atoms with Gasteiger partial charge in [0.1, 0.15) is 11.5 Å². The molecule has 0 spiro atoms. The highest BCUT2D eigenvalue weighted by molar-refractivity contribution is 6.32. The molecule has 0 aliphatic heterocycles. The van der Waals surface area contributed by atoms with E-state index in [0.717, 1.165) is 18.6 Å². The molecule has 4 nitrogen and oxygen atoms in total. The molecule has 2 rings (SSSR count). The Bertz CT molecular complexity index is 569. The van der Waals surface area contributed by atoms with E-state index in [9.17, 15) is 4.79 Å². The average molecular weight is 308 g/mol. The van der Waals surface area contributed by atoms with Crippen LogP contribution in [0.15, 0.2) is 47.1 Å². The second-order valence-corrected chi connectivity index (χ2v) is 5.21. The van der Waals surface area contributed by atoms with E-state index < -0.39 is 0 Å². The number of hydrogen-bond donors (Lipinski definition) is 1. The van der Waals surface area contributed by atoms with Crippen LogP contribution in [0.25, 0.3) is 0 Å². The Morgan fingerprint density at radius 3 is 2.86 bits per heavy atom. The van der Waals surface area contributed by atoms with Crippen LogP contribution in [0.2, 0.25) is 5.02 Å². The summed E-state index contributed by atoms with van der Waals surface area (Å²) in [6.45, 7) is 1.91. The first-order chi connectivity index (χ1) is 10.1. The van der Waals surface area contributed by atoms with Crippen LogP contribution < -0.4 is 10.1 Å². The Morgan fingerprint density at radius 2 is 2.14 bits per heavy atom. The summed E-state index contributed by atoms with van der Waals surface area (Å²) in [6.07, 6.45) is 3.25. The molecule has 1 heterocycles. The van der Waals surface area contributed by atoms with E-state index in [1.807, 2.05) is 31.2 Å². The summed E-state index contributed by atoms with van der Waals surface area (Å²) in [5.74, 6) is 1.27. The van der Waals surface area contributed by atoms with Gasteiger partial charge >= 0.3 is 0 Å². The zero-order valence-corrected chi connectivity index (χ0v) is 12.6. The summed E-state index contributed by atoms with van der Waals surface area (Å²) in [4.78, 5) is 11.8. The monoisotopic (exact) mass is 307 g/mol. The zero-order valence-electron chi connectivity index (χ0n) is 11.8. The molecule has 1 aromatic carbocycles. The molecule has 0 radical (unpaired) electrons. The van der Waals surface area contributed by atoms with Gasteiger partial charge in [-0.25, -0.2) is 0 Å². The Balaban J connectivity index is 1.70. The summed E-state index contributed by atoms with van der Waals surface area (Å²) < 4.78 is 10.6. The summed E-state index contributed by atoms with van der Waals surface area (Å²) in [6, 6.07) is 10.9. The maximum atomic E-state index is 11.8. The van der Waals surface area contributed by atoms with Crippen LogP contribution in [-0.2, 0) is 11.2 Å². The normalized spacial score (nSPS) is 11.9. The third kappa shape index (κ3) is 5.16.